The zero-order valence-corrected chi connectivity index (χ0v) is 18.9. The molecule has 0 saturated carbocycles. The van der Waals surface area contributed by atoms with Gasteiger partial charge in [0.2, 0.25) is 5.91 Å². The van der Waals surface area contributed by atoms with E-state index >= 15 is 0 Å². The summed E-state index contributed by atoms with van der Waals surface area (Å²) in [5, 5.41) is 1.93. The first-order valence-electron chi connectivity index (χ1n) is 10.1. The van der Waals surface area contributed by atoms with Crippen LogP contribution in [-0.4, -0.2) is 35.6 Å². The summed E-state index contributed by atoms with van der Waals surface area (Å²) in [6, 6.07) is 14.2. The van der Waals surface area contributed by atoms with E-state index in [1.807, 2.05) is 0 Å². The van der Waals surface area contributed by atoms with Crippen LogP contribution < -0.4 is 10.1 Å². The molecule has 7 nitrogen and oxygen atoms in total. The van der Waals surface area contributed by atoms with E-state index < -0.39 is 35.3 Å². The van der Waals surface area contributed by atoms with Crippen LogP contribution in [0.4, 0.5) is 23.7 Å². The molecule has 11 heteroatoms. The molecule has 1 aliphatic heterocycles. The molecular weight excluding hydrogens is 485 g/mol. The Labute approximate surface area is 201 Å². The predicted octanol–water partition coefficient (Wildman–Crippen LogP) is 5.65. The number of alkyl halides is 3. The van der Waals surface area contributed by atoms with Crippen LogP contribution in [0.1, 0.15) is 11.3 Å². The van der Waals surface area contributed by atoms with Crippen molar-refractivity contribution in [2.75, 3.05) is 19.0 Å². The number of methoxy groups -OCH3 is 1. The molecule has 0 unspecified atom stereocenters. The van der Waals surface area contributed by atoms with Gasteiger partial charge in [0, 0.05) is 17.3 Å². The Morgan fingerprint density at radius 3 is 2.49 bits per heavy atom. The van der Waals surface area contributed by atoms with Crippen LogP contribution in [-0.2, 0) is 15.8 Å². The Morgan fingerprint density at radius 2 is 1.80 bits per heavy atom. The van der Waals surface area contributed by atoms with E-state index in [1.165, 1.54) is 43.5 Å². The summed E-state index contributed by atoms with van der Waals surface area (Å²) in [6.45, 7) is -0.504. The maximum atomic E-state index is 13.3. The average Bonchev–Trinajstić information content (AvgIpc) is 3.39. The van der Waals surface area contributed by atoms with Crippen LogP contribution in [0, 0.1) is 0 Å². The minimum atomic E-state index is -4.57. The second kappa shape index (κ2) is 9.71. The summed E-state index contributed by atoms with van der Waals surface area (Å²) >= 11 is 0.604. The normalized spacial score (nSPS) is 15.1. The van der Waals surface area contributed by atoms with Crippen molar-refractivity contribution in [3.63, 3.8) is 0 Å². The van der Waals surface area contributed by atoms with Gasteiger partial charge in [-0.3, -0.25) is 19.3 Å². The molecule has 1 N–H and O–H groups in total. The lowest BCUT2D eigenvalue weighted by molar-refractivity contribution is -0.137. The first kappa shape index (κ1) is 24.1. The Kier molecular flexibility index (Phi) is 6.70. The highest BCUT2D eigenvalue weighted by Gasteiger charge is 2.37. The van der Waals surface area contributed by atoms with Gasteiger partial charge in [-0.25, -0.2) is 0 Å². The monoisotopic (exact) mass is 502 g/mol. The Hall–Kier alpha value is -3.99. The van der Waals surface area contributed by atoms with Crippen molar-refractivity contribution in [1.29, 1.82) is 0 Å². The second-order valence-corrected chi connectivity index (χ2v) is 8.28. The molecule has 2 aromatic carbocycles. The molecule has 1 aromatic heterocycles. The molecule has 0 bridgehead atoms. The number of anilines is 1. The molecule has 0 radical (unpaired) electrons. The van der Waals surface area contributed by atoms with E-state index in [0.29, 0.717) is 23.2 Å². The van der Waals surface area contributed by atoms with Gasteiger partial charge < -0.3 is 14.5 Å². The molecule has 35 heavy (non-hydrogen) atoms. The molecule has 4 rings (SSSR count). The molecule has 1 aliphatic rings. The lowest BCUT2D eigenvalue weighted by Crippen LogP contribution is -2.36. The number of nitrogens with one attached hydrogen (secondary N) is 1. The van der Waals surface area contributed by atoms with E-state index in [4.69, 9.17) is 9.15 Å². The lowest BCUT2D eigenvalue weighted by atomic mass is 10.1. The second-order valence-electron chi connectivity index (χ2n) is 7.29. The summed E-state index contributed by atoms with van der Waals surface area (Å²) in [6.07, 6.45) is -3.31. The van der Waals surface area contributed by atoms with Gasteiger partial charge in [-0.05, 0) is 54.2 Å². The van der Waals surface area contributed by atoms with Crippen LogP contribution in [0.3, 0.4) is 0 Å². The van der Waals surface area contributed by atoms with Crippen LogP contribution in [0.25, 0.3) is 17.4 Å². The summed E-state index contributed by atoms with van der Waals surface area (Å²) in [7, 11) is 1.51. The number of benzene rings is 2. The van der Waals surface area contributed by atoms with Gasteiger partial charge in [0.05, 0.1) is 17.6 Å². The topological polar surface area (TPSA) is 88.8 Å². The highest BCUT2D eigenvalue weighted by atomic mass is 32.2. The summed E-state index contributed by atoms with van der Waals surface area (Å²) < 4.78 is 50.4. The number of amides is 3. The van der Waals surface area contributed by atoms with Crippen molar-refractivity contribution in [3.05, 3.63) is 76.9 Å². The number of hydrogen-bond acceptors (Lipinski definition) is 6. The highest BCUT2D eigenvalue weighted by Crippen LogP contribution is 2.38. The number of ether oxygens (including phenoxy) is 1. The van der Waals surface area contributed by atoms with Crippen LogP contribution >= 0.6 is 11.8 Å². The van der Waals surface area contributed by atoms with E-state index in [0.717, 1.165) is 11.0 Å². The maximum absolute atomic E-state index is 13.3. The zero-order chi connectivity index (χ0) is 25.2. The van der Waals surface area contributed by atoms with Crippen LogP contribution in [0.15, 0.2) is 70.0 Å². The molecule has 3 amide bonds. The number of furan rings is 1. The maximum Gasteiger partial charge on any atom is 0.417 e. The molecule has 180 valence electrons. The van der Waals surface area contributed by atoms with Crippen molar-refractivity contribution in [2.24, 2.45) is 0 Å². The fourth-order valence-electron chi connectivity index (χ4n) is 3.30. The minimum Gasteiger partial charge on any atom is -0.497 e. The van der Waals surface area contributed by atoms with Gasteiger partial charge in [0.1, 0.15) is 23.8 Å². The smallest absolute Gasteiger partial charge is 0.417 e. The number of carbonyl (C=O) groups is 3. The van der Waals surface area contributed by atoms with Crippen molar-refractivity contribution in [3.8, 4) is 17.1 Å². The number of hydrogen-bond donors (Lipinski definition) is 1. The highest BCUT2D eigenvalue weighted by molar-refractivity contribution is 8.18. The van der Waals surface area contributed by atoms with Gasteiger partial charge in [0.25, 0.3) is 11.1 Å². The average molecular weight is 502 g/mol. The van der Waals surface area contributed by atoms with Gasteiger partial charge in [0.15, 0.2) is 0 Å². The van der Waals surface area contributed by atoms with E-state index in [2.05, 4.69) is 5.32 Å². The van der Waals surface area contributed by atoms with Crippen LogP contribution in [0.5, 0.6) is 5.75 Å². The summed E-state index contributed by atoms with van der Waals surface area (Å²) in [5.74, 6) is -0.643. The first-order valence-corrected chi connectivity index (χ1v) is 10.9. The largest absolute Gasteiger partial charge is 0.497 e. The SMILES string of the molecule is COc1ccc(NC(=O)CN2C(=O)S/C(=C/c3ccc(-c4ccccc4C(F)(F)F)o3)C2=O)cc1. The Morgan fingerprint density at radius 1 is 1.09 bits per heavy atom. The van der Waals surface area contributed by atoms with Crippen molar-refractivity contribution < 1.29 is 36.7 Å². The number of nitrogens with zero attached hydrogens (tertiary/aromatic N) is 1. The molecule has 0 aliphatic carbocycles. The third kappa shape index (κ3) is 5.40. The first-order chi connectivity index (χ1) is 16.7. The fraction of sp³-hybridized carbons (Fsp3) is 0.125. The molecule has 0 atom stereocenters. The Bertz CT molecular complexity index is 1320. The van der Waals surface area contributed by atoms with E-state index in [1.54, 1.807) is 24.3 Å². The number of rotatable bonds is 6. The predicted molar refractivity (Wildman–Crippen MR) is 123 cm³/mol. The lowest BCUT2D eigenvalue weighted by Gasteiger charge is -2.12. The quantitative estimate of drug-likeness (QED) is 0.439. The van der Waals surface area contributed by atoms with Crippen molar-refractivity contribution in [2.45, 2.75) is 6.18 Å². The molecule has 3 aromatic rings. The Balaban J connectivity index is 1.47. The molecule has 1 saturated heterocycles. The zero-order valence-electron chi connectivity index (χ0n) is 18.1. The van der Waals surface area contributed by atoms with Gasteiger partial charge in [-0.1, -0.05) is 18.2 Å². The summed E-state index contributed by atoms with van der Waals surface area (Å²) in [5.41, 5.74) is -0.548. The molecule has 2 heterocycles. The molecule has 1 fully saturated rings. The standard InChI is InChI=1S/C24H17F3N2O5S/c1-33-15-8-6-14(7-9-15)28-21(30)13-29-22(31)20(35-23(29)32)12-16-10-11-19(34-16)17-4-2-3-5-18(17)24(25,26)27/h2-12H,13H2,1H3,(H,28,30)/b20-12+. The van der Waals surface area contributed by atoms with Crippen molar-refractivity contribution in [1.82, 2.24) is 4.90 Å². The molecule has 0 spiro atoms. The number of halogens is 3. The van der Waals surface area contributed by atoms with Crippen molar-refractivity contribution >= 4 is 40.6 Å². The van der Waals surface area contributed by atoms with Gasteiger partial charge in [-0.15, -0.1) is 0 Å². The summed E-state index contributed by atoms with van der Waals surface area (Å²) in [4.78, 5) is 38.1. The van der Waals surface area contributed by atoms with E-state index in [-0.39, 0.29) is 22.0 Å². The third-order valence-electron chi connectivity index (χ3n) is 4.95. The number of carbonyl (C=O) groups excluding carboxylic acids is 3. The van der Waals surface area contributed by atoms with Gasteiger partial charge in [-0.2, -0.15) is 13.2 Å². The van der Waals surface area contributed by atoms with E-state index in [9.17, 15) is 27.6 Å². The number of thioether (sulfide) groups is 1. The minimum absolute atomic E-state index is 0.0164. The fourth-order valence-corrected chi connectivity index (χ4v) is 4.12. The van der Waals surface area contributed by atoms with Crippen LogP contribution in [0.2, 0.25) is 0 Å². The number of imide groups is 1. The third-order valence-corrected chi connectivity index (χ3v) is 5.85. The molecular formula is C24H17F3N2O5S. The van der Waals surface area contributed by atoms with Gasteiger partial charge >= 0.3 is 6.18 Å².